The number of Topliss-reactive ketones (excluding diaryl/α,β-unsaturated/α-hetero) is 2. The van der Waals surface area contributed by atoms with Gasteiger partial charge >= 0.3 is 20.2 Å². The maximum absolute atomic E-state index is 13.5. The Morgan fingerprint density at radius 3 is 2.00 bits per heavy atom. The Bertz CT molecular complexity index is 2690. The number of hydrogen-bond acceptors (Lipinski definition) is 10. The first-order valence-electron chi connectivity index (χ1n) is 16.7. The molecule has 1 unspecified atom stereocenters. The summed E-state index contributed by atoms with van der Waals surface area (Å²) in [6.45, 7) is 3.85. The molecule has 3 aliphatic carbocycles. The summed E-state index contributed by atoms with van der Waals surface area (Å²) in [5.41, 5.74) is 2.82. The third kappa shape index (κ3) is 6.50. The molecule has 0 spiro atoms. The molecular formula is C42H32N2O8S2. The normalized spacial score (nSPS) is 16.9. The molecule has 7 rings (SSSR count). The van der Waals surface area contributed by atoms with E-state index in [4.69, 9.17) is 19.2 Å². The number of aryl methyl sites for hydroxylation is 1. The number of carbonyl (C=O) groups excluding carboxylic acids is 2. The fourth-order valence-corrected chi connectivity index (χ4v) is 9.07. The summed E-state index contributed by atoms with van der Waals surface area (Å²) < 4.78 is 65.1. The number of ketones is 2. The molecule has 4 aromatic rings. The van der Waals surface area contributed by atoms with Crippen LogP contribution in [0.2, 0.25) is 0 Å². The first-order chi connectivity index (χ1) is 25.7. The quantitative estimate of drug-likeness (QED) is 0.102. The van der Waals surface area contributed by atoms with Crippen molar-refractivity contribution in [3.05, 3.63) is 183 Å². The predicted molar refractivity (Wildman–Crippen MR) is 206 cm³/mol. The predicted octanol–water partition coefficient (Wildman–Crippen LogP) is 7.32. The number of nitrogens with one attached hydrogen (secondary N) is 2. The largest absolute Gasteiger partial charge is 0.379 e. The van der Waals surface area contributed by atoms with Crippen LogP contribution in [0.5, 0.6) is 11.5 Å². The van der Waals surface area contributed by atoms with Crippen molar-refractivity contribution in [3.63, 3.8) is 0 Å². The Kier molecular flexibility index (Phi) is 9.12. The molecule has 0 heterocycles. The van der Waals surface area contributed by atoms with Gasteiger partial charge in [0, 0.05) is 28.5 Å². The summed E-state index contributed by atoms with van der Waals surface area (Å²) >= 11 is 0. The van der Waals surface area contributed by atoms with Crippen LogP contribution in [0.25, 0.3) is 4.91 Å². The van der Waals surface area contributed by atoms with Crippen LogP contribution in [-0.4, -0.2) is 39.8 Å². The number of fused-ring (bicyclic) bond motifs is 1. The molecule has 3 aliphatic rings. The number of benzene rings is 4. The highest BCUT2D eigenvalue weighted by molar-refractivity contribution is 7.96. The topological polar surface area (TPSA) is 169 Å². The second-order valence-corrected chi connectivity index (χ2v) is 16.2. The molecule has 0 fully saturated rings. The van der Waals surface area contributed by atoms with E-state index in [1.165, 1.54) is 48.6 Å². The summed E-state index contributed by atoms with van der Waals surface area (Å²) in [7, 11) is -8.72. The van der Waals surface area contributed by atoms with Crippen molar-refractivity contribution < 1.29 is 34.8 Å². The van der Waals surface area contributed by atoms with Crippen LogP contribution in [0.4, 0.5) is 0 Å². The third-order valence-electron chi connectivity index (χ3n) is 9.67. The van der Waals surface area contributed by atoms with Crippen LogP contribution >= 0.6 is 0 Å². The van der Waals surface area contributed by atoms with E-state index >= 15 is 0 Å². The maximum atomic E-state index is 13.5. The molecule has 0 bridgehead atoms. The fourth-order valence-electron chi connectivity index (χ4n) is 6.86. The van der Waals surface area contributed by atoms with E-state index in [2.05, 4.69) is 0 Å². The first kappa shape index (κ1) is 36.1. The van der Waals surface area contributed by atoms with Crippen molar-refractivity contribution in [2.75, 3.05) is 0 Å². The Labute approximate surface area is 312 Å². The highest BCUT2D eigenvalue weighted by Gasteiger charge is 2.35. The van der Waals surface area contributed by atoms with Crippen LogP contribution in [0.1, 0.15) is 51.5 Å². The maximum Gasteiger partial charge on any atom is 0.339 e. The van der Waals surface area contributed by atoms with Crippen molar-refractivity contribution in [2.45, 2.75) is 25.7 Å². The van der Waals surface area contributed by atoms with Crippen molar-refractivity contribution >= 4 is 48.1 Å². The van der Waals surface area contributed by atoms with Crippen molar-refractivity contribution in [1.82, 2.24) is 0 Å². The molecule has 1 atom stereocenters. The van der Waals surface area contributed by atoms with Crippen LogP contribution in [0.3, 0.4) is 0 Å². The minimum atomic E-state index is -4.44. The molecular weight excluding hydrogens is 725 g/mol. The lowest BCUT2D eigenvalue weighted by molar-refractivity contribution is -0.109. The number of rotatable bonds is 9. The Morgan fingerprint density at radius 2 is 1.30 bits per heavy atom. The summed E-state index contributed by atoms with van der Waals surface area (Å²) in [6.07, 6.45) is 8.22. The van der Waals surface area contributed by atoms with Gasteiger partial charge in [-0.15, -0.1) is 0 Å². The lowest BCUT2D eigenvalue weighted by Crippen LogP contribution is -2.26. The van der Waals surface area contributed by atoms with E-state index in [9.17, 15) is 26.4 Å². The minimum absolute atomic E-state index is 0.0264. The summed E-state index contributed by atoms with van der Waals surface area (Å²) in [4.78, 5) is 24.6. The van der Waals surface area contributed by atoms with Crippen LogP contribution in [0, 0.1) is 17.7 Å². The molecule has 0 aliphatic heterocycles. The van der Waals surface area contributed by atoms with Gasteiger partial charge in [-0.2, -0.15) is 16.8 Å². The zero-order valence-corrected chi connectivity index (χ0v) is 30.6. The van der Waals surface area contributed by atoms with Gasteiger partial charge in [-0.05, 0) is 84.2 Å². The summed E-state index contributed by atoms with van der Waals surface area (Å²) in [5, 5.41) is 15.8. The van der Waals surface area contributed by atoms with Gasteiger partial charge in [0.05, 0.1) is 4.91 Å². The first-order valence-corrected chi connectivity index (χ1v) is 19.5. The van der Waals surface area contributed by atoms with Gasteiger partial charge < -0.3 is 8.37 Å². The molecule has 0 saturated heterocycles. The second kappa shape index (κ2) is 13.6. The van der Waals surface area contributed by atoms with E-state index in [1.807, 2.05) is 44.2 Å². The standard InChI is InChI=1S/C42H32N2O8S2/c1-26-23-31(52-53(47,48)32-11-8-14-33-27(24-32)15-22-37(43)40(33)45)20-21-36(26)42(2,28-9-4-3-5-10-28)29-16-18-30(19-17-29)51-54(49,50)39-25-38(44)41(46)35-13-7-6-12-34(35)39/h3-23,25,43-44H,24H2,1-2H3. The Balaban J connectivity index is 1.17. The lowest BCUT2D eigenvalue weighted by atomic mass is 9.70. The van der Waals surface area contributed by atoms with E-state index in [1.54, 1.807) is 48.5 Å². The summed E-state index contributed by atoms with van der Waals surface area (Å²) in [5.74, 6) is -0.927. The number of carbonyl (C=O) groups is 2. The van der Waals surface area contributed by atoms with Crippen LogP contribution in [0.15, 0.2) is 150 Å². The SMILES string of the molecule is Cc1cc(OS(=O)(=O)C2=CC=CC3=C(C=CC(=N)C3=O)C2)ccc1C(C)(c1ccccc1)c1ccc(OS(=O)(=O)C2=CC(=N)C(=O)c3ccccc32)cc1. The zero-order chi connectivity index (χ0) is 38.4. The van der Waals surface area contributed by atoms with Gasteiger partial charge in [0.15, 0.2) is 0 Å². The van der Waals surface area contributed by atoms with Gasteiger partial charge in [-0.1, -0.05) is 91.0 Å². The number of hydrogen-bond donors (Lipinski definition) is 2. The zero-order valence-electron chi connectivity index (χ0n) is 29.0. The van der Waals surface area contributed by atoms with Gasteiger partial charge in [0.2, 0.25) is 11.6 Å². The molecule has 0 saturated carbocycles. The average Bonchev–Trinajstić information content (AvgIpc) is 3.39. The summed E-state index contributed by atoms with van der Waals surface area (Å²) in [6, 6.07) is 27.4. The molecule has 54 heavy (non-hydrogen) atoms. The highest BCUT2D eigenvalue weighted by atomic mass is 32.2. The van der Waals surface area contributed by atoms with Crippen LogP contribution in [-0.2, 0) is 30.4 Å². The molecule has 0 aromatic heterocycles. The lowest BCUT2D eigenvalue weighted by Gasteiger charge is -2.33. The van der Waals surface area contributed by atoms with Gasteiger partial charge in [0.25, 0.3) is 0 Å². The Hall–Kier alpha value is -6.24. The molecule has 2 N–H and O–H groups in total. The third-order valence-corrected chi connectivity index (χ3v) is 12.3. The van der Waals surface area contributed by atoms with E-state index < -0.39 is 42.9 Å². The van der Waals surface area contributed by atoms with Gasteiger partial charge in [0.1, 0.15) is 27.8 Å². The van der Waals surface area contributed by atoms with E-state index in [0.717, 1.165) is 28.3 Å². The van der Waals surface area contributed by atoms with Crippen LogP contribution < -0.4 is 8.37 Å². The number of allylic oxidation sites excluding steroid dienone is 9. The molecule has 12 heteroatoms. The molecule has 0 amide bonds. The van der Waals surface area contributed by atoms with Gasteiger partial charge in [-0.3, -0.25) is 20.4 Å². The van der Waals surface area contributed by atoms with Crippen molar-refractivity contribution in [3.8, 4) is 11.5 Å². The minimum Gasteiger partial charge on any atom is -0.379 e. The second-order valence-electron chi connectivity index (χ2n) is 13.0. The molecule has 270 valence electrons. The fraction of sp³-hybridized carbons (Fsp3) is 0.0952. The highest BCUT2D eigenvalue weighted by Crippen LogP contribution is 2.42. The van der Waals surface area contributed by atoms with Crippen molar-refractivity contribution in [2.24, 2.45) is 0 Å². The van der Waals surface area contributed by atoms with Crippen molar-refractivity contribution in [1.29, 1.82) is 10.8 Å². The van der Waals surface area contributed by atoms with Gasteiger partial charge in [-0.25, -0.2) is 0 Å². The Morgan fingerprint density at radius 1 is 0.667 bits per heavy atom. The van der Waals surface area contributed by atoms with E-state index in [0.29, 0.717) is 5.57 Å². The van der Waals surface area contributed by atoms with E-state index in [-0.39, 0.29) is 50.1 Å². The molecule has 4 aromatic carbocycles. The smallest absolute Gasteiger partial charge is 0.339 e. The average molecular weight is 757 g/mol. The monoisotopic (exact) mass is 756 g/mol. The molecule has 10 nitrogen and oxygen atoms in total. The molecule has 0 radical (unpaired) electrons.